The number of nitrogens with two attached hydrogens (primary N) is 1. The molecule has 2 nitrogen and oxygen atoms in total. The molecule has 0 aliphatic rings. The Morgan fingerprint density at radius 2 is 2.27 bits per heavy atom. The van der Waals surface area contributed by atoms with E-state index in [-0.39, 0.29) is 0 Å². The number of nitrogens with zero attached hydrogens (tertiary/aromatic N) is 1. The molecule has 0 radical (unpaired) electrons. The Morgan fingerprint density at radius 3 is 2.82 bits per heavy atom. The fourth-order valence-corrected chi connectivity index (χ4v) is 0.921. The van der Waals surface area contributed by atoms with Gasteiger partial charge in [-0.3, -0.25) is 0 Å². The molecule has 0 aliphatic carbocycles. The van der Waals surface area contributed by atoms with E-state index >= 15 is 0 Å². The molecule has 0 saturated carbocycles. The summed E-state index contributed by atoms with van der Waals surface area (Å²) in [5.74, 6) is 0. The zero-order valence-electron chi connectivity index (χ0n) is 6.75. The molecule has 0 amide bonds. The summed E-state index contributed by atoms with van der Waals surface area (Å²) in [7, 11) is 1.91. The first-order valence-electron chi connectivity index (χ1n) is 3.57. The minimum Gasteiger partial charge on any atom is -0.326 e. The standard InChI is InChI=1S/C9H13N2/c1-11(2)9-5-3-4-8(6-9)7-10/h3-6H,1,7,10H2,2H3/q+1. The van der Waals surface area contributed by atoms with Crippen molar-refractivity contribution in [2.45, 2.75) is 6.54 Å². The van der Waals surface area contributed by atoms with E-state index < -0.39 is 0 Å². The predicted octanol–water partition coefficient (Wildman–Crippen LogP) is 1.12. The van der Waals surface area contributed by atoms with E-state index in [1.807, 2.05) is 35.9 Å². The third kappa shape index (κ3) is 1.88. The Kier molecular flexibility index (Phi) is 2.39. The monoisotopic (exact) mass is 149 g/mol. The molecular formula is C9H13N2+. The van der Waals surface area contributed by atoms with Crippen molar-refractivity contribution in [3.63, 3.8) is 0 Å². The lowest BCUT2D eigenvalue weighted by atomic mass is 10.2. The summed E-state index contributed by atoms with van der Waals surface area (Å²) in [6.45, 7) is 4.36. The van der Waals surface area contributed by atoms with Crippen LogP contribution in [0, 0.1) is 0 Å². The van der Waals surface area contributed by atoms with Gasteiger partial charge in [-0.25, -0.2) is 4.58 Å². The van der Waals surface area contributed by atoms with E-state index in [0.717, 1.165) is 11.3 Å². The Balaban J connectivity index is 3.01. The maximum atomic E-state index is 5.48. The van der Waals surface area contributed by atoms with Gasteiger partial charge in [0.1, 0.15) is 13.8 Å². The van der Waals surface area contributed by atoms with E-state index in [1.165, 1.54) is 0 Å². The molecule has 0 saturated heterocycles. The lowest BCUT2D eigenvalue weighted by Crippen LogP contribution is -1.98. The number of rotatable bonds is 2. The van der Waals surface area contributed by atoms with Crippen molar-refractivity contribution in [2.75, 3.05) is 7.05 Å². The van der Waals surface area contributed by atoms with Crippen molar-refractivity contribution < 1.29 is 4.58 Å². The molecule has 0 bridgehead atoms. The Labute approximate surface area is 67.0 Å². The third-order valence-corrected chi connectivity index (χ3v) is 1.59. The van der Waals surface area contributed by atoms with Crippen molar-refractivity contribution in [3.8, 4) is 0 Å². The molecule has 2 N–H and O–H groups in total. The van der Waals surface area contributed by atoms with Gasteiger partial charge in [0.05, 0.1) is 0 Å². The van der Waals surface area contributed by atoms with E-state index in [0.29, 0.717) is 6.54 Å². The van der Waals surface area contributed by atoms with Crippen LogP contribution in [0.1, 0.15) is 5.56 Å². The largest absolute Gasteiger partial charge is 0.326 e. The van der Waals surface area contributed by atoms with Crippen LogP contribution in [0.15, 0.2) is 24.3 Å². The molecule has 0 heterocycles. The lowest BCUT2D eigenvalue weighted by Gasteiger charge is -1.96. The van der Waals surface area contributed by atoms with Gasteiger partial charge in [-0.05, 0) is 5.56 Å². The Bertz CT molecular complexity index is 266. The molecule has 0 aliphatic heterocycles. The maximum absolute atomic E-state index is 5.48. The maximum Gasteiger partial charge on any atom is 0.204 e. The quantitative estimate of drug-likeness (QED) is 0.495. The van der Waals surface area contributed by atoms with Crippen LogP contribution < -0.4 is 5.73 Å². The summed E-state index contributed by atoms with van der Waals surface area (Å²) in [5, 5.41) is 0. The van der Waals surface area contributed by atoms with Crippen molar-refractivity contribution >= 4 is 12.4 Å². The van der Waals surface area contributed by atoms with E-state index in [2.05, 4.69) is 6.72 Å². The highest BCUT2D eigenvalue weighted by Crippen LogP contribution is 2.11. The molecule has 0 unspecified atom stereocenters. The van der Waals surface area contributed by atoms with Crippen LogP contribution in [0.25, 0.3) is 0 Å². The van der Waals surface area contributed by atoms with E-state index in [1.54, 1.807) is 0 Å². The smallest absolute Gasteiger partial charge is 0.204 e. The summed E-state index contributed by atoms with van der Waals surface area (Å²) in [5.41, 5.74) is 7.71. The van der Waals surface area contributed by atoms with Crippen molar-refractivity contribution in [2.24, 2.45) is 5.73 Å². The summed E-state index contributed by atoms with van der Waals surface area (Å²) in [4.78, 5) is 0. The van der Waals surface area contributed by atoms with Gasteiger partial charge in [0.25, 0.3) is 0 Å². The molecule has 0 spiro atoms. The molecule has 1 aromatic rings. The molecule has 2 heteroatoms. The molecular weight excluding hydrogens is 136 g/mol. The number of hydrogen-bond acceptors (Lipinski definition) is 1. The molecule has 58 valence electrons. The first-order chi connectivity index (χ1) is 5.24. The van der Waals surface area contributed by atoms with Crippen molar-refractivity contribution in [1.29, 1.82) is 0 Å². The Morgan fingerprint density at radius 1 is 1.55 bits per heavy atom. The van der Waals surface area contributed by atoms with Gasteiger partial charge < -0.3 is 5.73 Å². The van der Waals surface area contributed by atoms with Crippen LogP contribution in [0.4, 0.5) is 5.69 Å². The minimum atomic E-state index is 0.585. The van der Waals surface area contributed by atoms with Gasteiger partial charge >= 0.3 is 0 Å². The zero-order chi connectivity index (χ0) is 8.27. The molecule has 0 atom stereocenters. The van der Waals surface area contributed by atoms with Gasteiger partial charge in [-0.1, -0.05) is 12.1 Å². The minimum absolute atomic E-state index is 0.585. The van der Waals surface area contributed by atoms with Gasteiger partial charge in [0.2, 0.25) is 5.69 Å². The molecule has 1 aromatic carbocycles. The van der Waals surface area contributed by atoms with Gasteiger partial charge in [-0.15, -0.1) is 0 Å². The summed E-state index contributed by atoms with van der Waals surface area (Å²) in [6.07, 6.45) is 0. The predicted molar refractivity (Wildman–Crippen MR) is 47.3 cm³/mol. The van der Waals surface area contributed by atoms with Gasteiger partial charge in [0, 0.05) is 18.7 Å². The molecule has 11 heavy (non-hydrogen) atoms. The fourth-order valence-electron chi connectivity index (χ4n) is 0.921. The van der Waals surface area contributed by atoms with Crippen LogP contribution >= 0.6 is 0 Å². The average Bonchev–Trinajstić information content (AvgIpc) is 2.05. The van der Waals surface area contributed by atoms with Crippen molar-refractivity contribution in [3.05, 3.63) is 29.8 Å². The second-order valence-corrected chi connectivity index (χ2v) is 2.57. The SMILES string of the molecule is C=[N+](C)c1cccc(CN)c1. The van der Waals surface area contributed by atoms with E-state index in [9.17, 15) is 0 Å². The molecule has 0 aromatic heterocycles. The highest BCUT2D eigenvalue weighted by Gasteiger charge is 1.99. The molecule has 1 rings (SSSR count). The zero-order valence-corrected chi connectivity index (χ0v) is 6.75. The van der Waals surface area contributed by atoms with Gasteiger partial charge in [0.15, 0.2) is 0 Å². The average molecular weight is 149 g/mol. The van der Waals surface area contributed by atoms with Crippen LogP contribution in [0.5, 0.6) is 0 Å². The van der Waals surface area contributed by atoms with Gasteiger partial charge in [-0.2, -0.15) is 0 Å². The summed E-state index contributed by atoms with van der Waals surface area (Å²) >= 11 is 0. The van der Waals surface area contributed by atoms with Crippen LogP contribution in [-0.2, 0) is 6.54 Å². The van der Waals surface area contributed by atoms with Crippen LogP contribution in [0.2, 0.25) is 0 Å². The second-order valence-electron chi connectivity index (χ2n) is 2.57. The Hall–Kier alpha value is -1.15. The summed E-state index contributed by atoms with van der Waals surface area (Å²) < 4.78 is 1.82. The highest BCUT2D eigenvalue weighted by atomic mass is 14.9. The number of hydrogen-bond donors (Lipinski definition) is 1. The molecule has 0 fully saturated rings. The topological polar surface area (TPSA) is 29.0 Å². The van der Waals surface area contributed by atoms with Crippen LogP contribution in [-0.4, -0.2) is 18.3 Å². The first-order valence-corrected chi connectivity index (χ1v) is 3.57. The van der Waals surface area contributed by atoms with Crippen LogP contribution in [0.3, 0.4) is 0 Å². The first kappa shape index (κ1) is 7.95. The fraction of sp³-hybridized carbons (Fsp3) is 0.222. The lowest BCUT2D eigenvalue weighted by molar-refractivity contribution is -0.394. The second kappa shape index (κ2) is 3.30. The summed E-state index contributed by atoms with van der Waals surface area (Å²) in [6, 6.07) is 8.03. The number of benzene rings is 1. The highest BCUT2D eigenvalue weighted by molar-refractivity contribution is 5.36. The van der Waals surface area contributed by atoms with E-state index in [4.69, 9.17) is 5.73 Å². The normalized spacial score (nSPS) is 9.64. The third-order valence-electron chi connectivity index (χ3n) is 1.59. The van der Waals surface area contributed by atoms with Crippen molar-refractivity contribution in [1.82, 2.24) is 0 Å².